The molecule has 144 valence electrons. The molecule has 1 saturated heterocycles. The summed E-state index contributed by atoms with van der Waals surface area (Å²) >= 11 is 1.42. The largest absolute Gasteiger partial charge is 0.493 e. The highest BCUT2D eigenvalue weighted by molar-refractivity contribution is 7.98. The molecule has 1 aromatic heterocycles. The second-order valence-corrected chi connectivity index (χ2v) is 6.82. The van der Waals surface area contributed by atoms with Crippen LogP contribution in [-0.4, -0.2) is 55.6 Å². The average Bonchev–Trinajstić information content (AvgIpc) is 2.73. The van der Waals surface area contributed by atoms with Crippen molar-refractivity contribution in [2.75, 3.05) is 33.7 Å². The van der Waals surface area contributed by atoms with Crippen molar-refractivity contribution in [2.24, 2.45) is 0 Å². The number of thioether (sulfide) groups is 1. The van der Waals surface area contributed by atoms with Crippen LogP contribution in [0, 0.1) is 0 Å². The van der Waals surface area contributed by atoms with E-state index in [-0.39, 0.29) is 11.9 Å². The number of ether oxygens (including phenoxy) is 3. The molecule has 1 N–H and O–H groups in total. The number of hydrogen-bond donors (Lipinski definition) is 1. The van der Waals surface area contributed by atoms with Crippen LogP contribution in [0.15, 0.2) is 29.6 Å². The zero-order valence-electron chi connectivity index (χ0n) is 15.7. The molecule has 0 radical (unpaired) electrons. The van der Waals surface area contributed by atoms with Gasteiger partial charge in [0.15, 0.2) is 16.7 Å². The molecule has 0 saturated carbocycles. The van der Waals surface area contributed by atoms with Gasteiger partial charge >= 0.3 is 0 Å². The molecule has 8 heteroatoms. The number of carbonyl (C=O) groups excluding carboxylic acids is 1. The van der Waals surface area contributed by atoms with E-state index in [0.29, 0.717) is 41.1 Å². The van der Waals surface area contributed by atoms with E-state index in [1.807, 2.05) is 18.4 Å². The van der Waals surface area contributed by atoms with Gasteiger partial charge in [-0.15, -0.1) is 0 Å². The highest BCUT2D eigenvalue weighted by Crippen LogP contribution is 2.33. The molecule has 2 aromatic rings. The van der Waals surface area contributed by atoms with Crippen molar-refractivity contribution in [2.45, 2.75) is 24.0 Å². The predicted molar refractivity (Wildman–Crippen MR) is 104 cm³/mol. The van der Waals surface area contributed by atoms with Crippen LogP contribution in [-0.2, 0) is 4.74 Å². The van der Waals surface area contributed by atoms with E-state index in [9.17, 15) is 4.79 Å². The van der Waals surface area contributed by atoms with E-state index in [2.05, 4.69) is 15.3 Å². The third-order valence-electron chi connectivity index (χ3n) is 4.41. The molecule has 1 amide bonds. The molecule has 2 heterocycles. The Labute approximate surface area is 162 Å². The fourth-order valence-electron chi connectivity index (χ4n) is 2.94. The second kappa shape index (κ2) is 9.05. The molecule has 1 aliphatic rings. The van der Waals surface area contributed by atoms with Gasteiger partial charge in [0.1, 0.15) is 0 Å². The lowest BCUT2D eigenvalue weighted by atomic mass is 10.0. The van der Waals surface area contributed by atoms with E-state index >= 15 is 0 Å². The van der Waals surface area contributed by atoms with E-state index in [0.717, 1.165) is 18.4 Å². The Balaban J connectivity index is 1.96. The van der Waals surface area contributed by atoms with Crippen LogP contribution in [0.1, 0.15) is 23.2 Å². The quantitative estimate of drug-likeness (QED) is 0.601. The lowest BCUT2D eigenvalue weighted by Crippen LogP contribution is -2.39. The number of nitrogens with one attached hydrogen (secondary N) is 1. The summed E-state index contributed by atoms with van der Waals surface area (Å²) in [4.78, 5) is 21.8. The molecule has 0 spiro atoms. The Morgan fingerprint density at radius 1 is 1.22 bits per heavy atom. The van der Waals surface area contributed by atoms with Crippen molar-refractivity contribution in [3.63, 3.8) is 0 Å². The first-order valence-corrected chi connectivity index (χ1v) is 9.90. The molecule has 7 nitrogen and oxygen atoms in total. The maximum atomic E-state index is 12.9. The molecule has 3 rings (SSSR count). The summed E-state index contributed by atoms with van der Waals surface area (Å²) in [6.45, 7) is 1.32. The van der Waals surface area contributed by atoms with Crippen molar-refractivity contribution in [1.29, 1.82) is 0 Å². The smallest absolute Gasteiger partial charge is 0.255 e. The normalized spacial score (nSPS) is 14.6. The zero-order valence-corrected chi connectivity index (χ0v) is 16.5. The predicted octanol–water partition coefficient (Wildman–Crippen LogP) is 2.79. The molecule has 0 atom stereocenters. The minimum absolute atomic E-state index is 0.102. The highest BCUT2D eigenvalue weighted by Gasteiger charge is 2.22. The van der Waals surface area contributed by atoms with Crippen LogP contribution in [0.4, 0.5) is 0 Å². The maximum absolute atomic E-state index is 12.9. The van der Waals surface area contributed by atoms with Crippen molar-refractivity contribution in [1.82, 2.24) is 15.3 Å². The summed E-state index contributed by atoms with van der Waals surface area (Å²) in [5.74, 6) is 1.02. The summed E-state index contributed by atoms with van der Waals surface area (Å²) in [5, 5.41) is 3.67. The highest BCUT2D eigenvalue weighted by atomic mass is 32.2. The van der Waals surface area contributed by atoms with Gasteiger partial charge in [-0.1, -0.05) is 11.8 Å². The first-order chi connectivity index (χ1) is 13.2. The Morgan fingerprint density at radius 3 is 2.63 bits per heavy atom. The maximum Gasteiger partial charge on any atom is 0.255 e. The van der Waals surface area contributed by atoms with Crippen molar-refractivity contribution in [3.05, 3.63) is 30.0 Å². The van der Waals surface area contributed by atoms with Gasteiger partial charge in [0, 0.05) is 31.0 Å². The fourth-order valence-corrected chi connectivity index (χ4v) is 3.28. The number of rotatable bonds is 6. The second-order valence-electron chi connectivity index (χ2n) is 6.05. The third-order valence-corrected chi connectivity index (χ3v) is 4.97. The van der Waals surface area contributed by atoms with Crippen molar-refractivity contribution in [3.8, 4) is 22.8 Å². The number of aromatic nitrogens is 2. The molecule has 0 aliphatic carbocycles. The average molecular weight is 389 g/mol. The van der Waals surface area contributed by atoms with Crippen molar-refractivity contribution >= 4 is 17.7 Å². The molecule has 0 bridgehead atoms. The standard InChI is InChI=1S/C19H23N3O4S/c1-24-15-5-4-12(10-16(15)25-2)17-14(11-20-19(22-17)27-3)18(23)21-13-6-8-26-9-7-13/h4-5,10-11,13H,6-9H2,1-3H3,(H,21,23). The van der Waals surface area contributed by atoms with Gasteiger partial charge in [-0.2, -0.15) is 0 Å². The van der Waals surface area contributed by atoms with Crippen LogP contribution in [0.3, 0.4) is 0 Å². The Kier molecular flexibility index (Phi) is 6.52. The molecule has 1 aliphatic heterocycles. The molecule has 27 heavy (non-hydrogen) atoms. The third kappa shape index (κ3) is 4.51. The minimum Gasteiger partial charge on any atom is -0.493 e. The topological polar surface area (TPSA) is 82.6 Å². The fraction of sp³-hybridized carbons (Fsp3) is 0.421. The van der Waals surface area contributed by atoms with Crippen LogP contribution < -0.4 is 14.8 Å². The van der Waals surface area contributed by atoms with Gasteiger partial charge in [0.05, 0.1) is 25.5 Å². The van der Waals surface area contributed by atoms with Gasteiger partial charge in [-0.05, 0) is 37.3 Å². The molecular weight excluding hydrogens is 366 g/mol. The number of methoxy groups -OCH3 is 2. The molecule has 1 aromatic carbocycles. The summed E-state index contributed by atoms with van der Waals surface area (Å²) in [7, 11) is 3.16. The van der Waals surface area contributed by atoms with Gasteiger partial charge < -0.3 is 19.5 Å². The molecular formula is C19H23N3O4S. The molecule has 0 unspecified atom stereocenters. The van der Waals surface area contributed by atoms with Crippen molar-refractivity contribution < 1.29 is 19.0 Å². The van der Waals surface area contributed by atoms with Gasteiger partial charge in [-0.25, -0.2) is 9.97 Å². The Morgan fingerprint density at radius 2 is 1.96 bits per heavy atom. The minimum atomic E-state index is -0.181. The summed E-state index contributed by atoms with van der Waals surface area (Å²) < 4.78 is 16.0. The Bertz CT molecular complexity index is 810. The van der Waals surface area contributed by atoms with E-state index in [1.54, 1.807) is 26.5 Å². The van der Waals surface area contributed by atoms with Gasteiger partial charge in [0.25, 0.3) is 5.91 Å². The first kappa shape index (κ1) is 19.4. The molecule has 1 fully saturated rings. The summed E-state index contributed by atoms with van der Waals surface area (Å²) in [6, 6.07) is 5.58. The SMILES string of the molecule is COc1ccc(-c2nc(SC)ncc2C(=O)NC2CCOCC2)cc1OC. The zero-order chi connectivity index (χ0) is 19.2. The number of hydrogen-bond acceptors (Lipinski definition) is 7. The van der Waals surface area contributed by atoms with E-state index < -0.39 is 0 Å². The van der Waals surface area contributed by atoms with Crippen LogP contribution in [0.2, 0.25) is 0 Å². The monoisotopic (exact) mass is 389 g/mol. The number of amides is 1. The van der Waals surface area contributed by atoms with Crippen LogP contribution in [0.25, 0.3) is 11.3 Å². The lowest BCUT2D eigenvalue weighted by molar-refractivity contribution is 0.0696. The van der Waals surface area contributed by atoms with Gasteiger partial charge in [0.2, 0.25) is 0 Å². The summed E-state index contributed by atoms with van der Waals surface area (Å²) in [6.07, 6.45) is 5.09. The number of nitrogens with zero attached hydrogens (tertiary/aromatic N) is 2. The van der Waals surface area contributed by atoms with E-state index in [4.69, 9.17) is 14.2 Å². The van der Waals surface area contributed by atoms with Gasteiger partial charge in [-0.3, -0.25) is 4.79 Å². The van der Waals surface area contributed by atoms with Crippen LogP contribution >= 0.6 is 11.8 Å². The van der Waals surface area contributed by atoms with E-state index in [1.165, 1.54) is 11.8 Å². The van der Waals surface area contributed by atoms with Crippen LogP contribution in [0.5, 0.6) is 11.5 Å². The first-order valence-electron chi connectivity index (χ1n) is 8.68. The Hall–Kier alpha value is -2.32. The number of carbonyl (C=O) groups is 1. The lowest BCUT2D eigenvalue weighted by Gasteiger charge is -2.23. The number of benzene rings is 1. The summed E-state index contributed by atoms with van der Waals surface area (Å²) in [5.41, 5.74) is 1.77.